The van der Waals surface area contributed by atoms with Gasteiger partial charge >= 0.3 is 0 Å². The van der Waals surface area contributed by atoms with Crippen LogP contribution in [0.1, 0.15) is 11.1 Å². The van der Waals surface area contributed by atoms with Crippen LogP contribution in [0.5, 0.6) is 0 Å². The minimum atomic E-state index is 0.703. The fraction of sp³-hybridized carbons (Fsp3) is 0.125. The van der Waals surface area contributed by atoms with Crippen LogP contribution in [-0.2, 0) is 0 Å². The molecule has 0 aromatic heterocycles. The van der Waals surface area contributed by atoms with Crippen LogP contribution in [0.4, 0.5) is 0 Å². The van der Waals surface area contributed by atoms with Gasteiger partial charge in [0.15, 0.2) is 0 Å². The van der Waals surface area contributed by atoms with Crippen molar-refractivity contribution in [3.8, 4) is 6.07 Å². The molecule has 11 heavy (non-hydrogen) atoms. The Morgan fingerprint density at radius 1 is 1.55 bits per heavy atom. The molecule has 0 aliphatic carbocycles. The molecular formula is C8H5BrIN. The first kappa shape index (κ1) is 9.01. The van der Waals surface area contributed by atoms with Crippen LogP contribution in [0.3, 0.4) is 0 Å². The summed E-state index contributed by atoms with van der Waals surface area (Å²) in [6, 6.07) is 6.02. The van der Waals surface area contributed by atoms with Gasteiger partial charge in [0, 0.05) is 8.04 Å². The normalized spacial score (nSPS) is 9.27. The number of rotatable bonds is 0. The van der Waals surface area contributed by atoms with E-state index in [0.29, 0.717) is 5.56 Å². The molecule has 56 valence electrons. The van der Waals surface area contributed by atoms with E-state index >= 15 is 0 Å². The molecule has 1 nitrogen and oxygen atoms in total. The van der Waals surface area contributed by atoms with Gasteiger partial charge in [-0.2, -0.15) is 5.26 Å². The Kier molecular flexibility index (Phi) is 2.90. The second-order valence-electron chi connectivity index (χ2n) is 2.20. The highest BCUT2D eigenvalue weighted by Crippen LogP contribution is 2.23. The van der Waals surface area contributed by atoms with Crippen molar-refractivity contribution in [2.45, 2.75) is 6.92 Å². The summed E-state index contributed by atoms with van der Waals surface area (Å²) in [5.74, 6) is 0. The first-order valence-corrected chi connectivity index (χ1v) is 4.88. The lowest BCUT2D eigenvalue weighted by Gasteiger charge is -2.00. The van der Waals surface area contributed by atoms with Gasteiger partial charge in [0.05, 0.1) is 5.56 Å². The second-order valence-corrected chi connectivity index (χ2v) is 4.23. The van der Waals surface area contributed by atoms with Crippen molar-refractivity contribution in [3.63, 3.8) is 0 Å². The Morgan fingerprint density at radius 2 is 2.18 bits per heavy atom. The van der Waals surface area contributed by atoms with Crippen LogP contribution in [0, 0.1) is 21.8 Å². The Labute approximate surface area is 87.7 Å². The van der Waals surface area contributed by atoms with Gasteiger partial charge in [0.25, 0.3) is 0 Å². The van der Waals surface area contributed by atoms with Crippen LogP contribution < -0.4 is 0 Å². The van der Waals surface area contributed by atoms with E-state index in [1.54, 1.807) is 0 Å². The largest absolute Gasteiger partial charge is 0.192 e. The summed E-state index contributed by atoms with van der Waals surface area (Å²) in [6.45, 7) is 1.98. The molecule has 0 saturated heterocycles. The standard InChI is InChI=1S/C8H5BrIN/c1-5-2-7(10)3-6(4-11)8(5)9/h2-3H,1H3. The lowest BCUT2D eigenvalue weighted by molar-refractivity contribution is 1.37. The van der Waals surface area contributed by atoms with Crippen molar-refractivity contribution in [2.24, 2.45) is 0 Å². The number of hydrogen-bond donors (Lipinski definition) is 0. The quantitative estimate of drug-likeness (QED) is 0.673. The van der Waals surface area contributed by atoms with Gasteiger partial charge in [-0.15, -0.1) is 0 Å². The van der Waals surface area contributed by atoms with E-state index in [1.807, 2.05) is 19.1 Å². The number of halogens is 2. The highest BCUT2D eigenvalue weighted by molar-refractivity contribution is 14.1. The van der Waals surface area contributed by atoms with E-state index in [0.717, 1.165) is 13.6 Å². The summed E-state index contributed by atoms with van der Waals surface area (Å²) in [5, 5.41) is 8.68. The average Bonchev–Trinajstić information content (AvgIpc) is 1.96. The van der Waals surface area contributed by atoms with Crippen molar-refractivity contribution in [1.29, 1.82) is 5.26 Å². The molecule has 0 N–H and O–H groups in total. The minimum Gasteiger partial charge on any atom is -0.192 e. The van der Waals surface area contributed by atoms with E-state index < -0.39 is 0 Å². The second kappa shape index (κ2) is 3.55. The van der Waals surface area contributed by atoms with Crippen LogP contribution >= 0.6 is 38.5 Å². The fourth-order valence-corrected chi connectivity index (χ4v) is 1.90. The summed E-state index contributed by atoms with van der Waals surface area (Å²) in [6.07, 6.45) is 0. The number of benzene rings is 1. The third-order valence-electron chi connectivity index (χ3n) is 1.34. The zero-order valence-electron chi connectivity index (χ0n) is 5.86. The van der Waals surface area contributed by atoms with Crippen LogP contribution in [-0.4, -0.2) is 0 Å². The molecule has 1 aromatic carbocycles. The van der Waals surface area contributed by atoms with Crippen molar-refractivity contribution >= 4 is 38.5 Å². The third-order valence-corrected chi connectivity index (χ3v) is 3.02. The molecule has 1 rings (SSSR count). The SMILES string of the molecule is Cc1cc(I)cc(C#N)c1Br. The zero-order chi connectivity index (χ0) is 8.43. The topological polar surface area (TPSA) is 23.8 Å². The Hall–Kier alpha value is -0.0800. The molecule has 0 radical (unpaired) electrons. The van der Waals surface area contributed by atoms with Crippen LogP contribution in [0.2, 0.25) is 0 Å². The van der Waals surface area contributed by atoms with E-state index in [9.17, 15) is 0 Å². The molecule has 0 unspecified atom stereocenters. The lowest BCUT2D eigenvalue weighted by Crippen LogP contribution is -1.84. The first-order chi connectivity index (χ1) is 5.15. The molecule has 3 heteroatoms. The predicted molar refractivity (Wildman–Crippen MR) is 56.3 cm³/mol. The van der Waals surface area contributed by atoms with Crippen LogP contribution in [0.15, 0.2) is 16.6 Å². The fourth-order valence-electron chi connectivity index (χ4n) is 0.807. The smallest absolute Gasteiger partial charge is 0.100 e. The predicted octanol–water partition coefficient (Wildman–Crippen LogP) is 3.23. The van der Waals surface area contributed by atoms with Gasteiger partial charge in [0.2, 0.25) is 0 Å². The molecule has 0 aliphatic rings. The van der Waals surface area contributed by atoms with E-state index in [1.165, 1.54) is 0 Å². The molecule has 0 atom stereocenters. The van der Waals surface area contributed by atoms with E-state index in [-0.39, 0.29) is 0 Å². The monoisotopic (exact) mass is 321 g/mol. The lowest BCUT2D eigenvalue weighted by atomic mass is 10.2. The van der Waals surface area contributed by atoms with Crippen LogP contribution in [0.25, 0.3) is 0 Å². The van der Waals surface area contributed by atoms with E-state index in [2.05, 4.69) is 44.6 Å². The van der Waals surface area contributed by atoms with Gasteiger partial charge in [-0.25, -0.2) is 0 Å². The molecule has 0 heterocycles. The first-order valence-electron chi connectivity index (χ1n) is 3.01. The third kappa shape index (κ3) is 1.94. The maximum atomic E-state index is 8.68. The van der Waals surface area contributed by atoms with Crippen molar-refractivity contribution in [1.82, 2.24) is 0 Å². The molecule has 0 aliphatic heterocycles. The molecule has 0 fully saturated rings. The van der Waals surface area contributed by atoms with Crippen molar-refractivity contribution in [3.05, 3.63) is 31.3 Å². The highest BCUT2D eigenvalue weighted by Gasteiger charge is 2.02. The summed E-state index contributed by atoms with van der Waals surface area (Å²) in [4.78, 5) is 0. The molecule has 0 spiro atoms. The Morgan fingerprint density at radius 3 is 2.73 bits per heavy atom. The maximum absolute atomic E-state index is 8.68. The molecular weight excluding hydrogens is 317 g/mol. The van der Waals surface area contributed by atoms with Gasteiger partial charge < -0.3 is 0 Å². The average molecular weight is 322 g/mol. The van der Waals surface area contributed by atoms with Crippen molar-refractivity contribution < 1.29 is 0 Å². The minimum absolute atomic E-state index is 0.703. The highest BCUT2D eigenvalue weighted by atomic mass is 127. The maximum Gasteiger partial charge on any atom is 0.100 e. The Balaban J connectivity index is 3.39. The Bertz CT molecular complexity index is 328. The van der Waals surface area contributed by atoms with Crippen molar-refractivity contribution in [2.75, 3.05) is 0 Å². The van der Waals surface area contributed by atoms with Gasteiger partial charge in [-0.1, -0.05) is 0 Å². The van der Waals surface area contributed by atoms with Gasteiger partial charge in [-0.3, -0.25) is 0 Å². The number of aryl methyl sites for hydroxylation is 1. The van der Waals surface area contributed by atoms with Gasteiger partial charge in [-0.05, 0) is 63.1 Å². The summed E-state index contributed by atoms with van der Waals surface area (Å²) in [5.41, 5.74) is 1.81. The molecule has 0 saturated carbocycles. The number of nitriles is 1. The summed E-state index contributed by atoms with van der Waals surface area (Å²) >= 11 is 5.55. The summed E-state index contributed by atoms with van der Waals surface area (Å²) in [7, 11) is 0. The number of nitrogens with zero attached hydrogens (tertiary/aromatic N) is 1. The molecule has 1 aromatic rings. The number of hydrogen-bond acceptors (Lipinski definition) is 1. The van der Waals surface area contributed by atoms with Gasteiger partial charge in [0.1, 0.15) is 6.07 Å². The molecule has 0 bridgehead atoms. The molecule has 0 amide bonds. The summed E-state index contributed by atoms with van der Waals surface area (Å²) < 4.78 is 2.00. The zero-order valence-corrected chi connectivity index (χ0v) is 9.60. The van der Waals surface area contributed by atoms with E-state index in [4.69, 9.17) is 5.26 Å².